The molecule has 0 aliphatic heterocycles. The van der Waals surface area contributed by atoms with Gasteiger partial charge in [-0.3, -0.25) is 9.59 Å². The van der Waals surface area contributed by atoms with Crippen LogP contribution in [0, 0.1) is 0 Å². The van der Waals surface area contributed by atoms with E-state index in [-0.39, 0.29) is 57.1 Å². The summed E-state index contributed by atoms with van der Waals surface area (Å²) < 4.78 is 0. The van der Waals surface area contributed by atoms with Gasteiger partial charge in [0.15, 0.2) is 11.6 Å². The van der Waals surface area contributed by atoms with Crippen molar-refractivity contribution in [3.63, 3.8) is 0 Å². The monoisotopic (exact) mass is 258 g/mol. The number of hydrogen-bond donors (Lipinski definition) is 0. The maximum absolute atomic E-state index is 9.98. The van der Waals surface area contributed by atoms with Crippen molar-refractivity contribution >= 4 is 34.6 Å². The second kappa shape index (κ2) is 17.5. The summed E-state index contributed by atoms with van der Waals surface area (Å²) in [6.07, 6.45) is 2.11. The van der Waals surface area contributed by atoms with Crippen molar-refractivity contribution in [1.82, 2.24) is 0 Å². The van der Waals surface area contributed by atoms with Gasteiger partial charge in [0.25, 0.3) is 0 Å². The topological polar surface area (TPSA) is 143 Å². The number of hydrogen-bond acceptors (Lipinski definition) is 4. The molecule has 0 heterocycles. The van der Waals surface area contributed by atoms with E-state index < -0.39 is 0 Å². The van der Waals surface area contributed by atoms with Crippen LogP contribution in [0.3, 0.4) is 0 Å². The van der Waals surface area contributed by atoms with E-state index in [1.165, 1.54) is 27.7 Å². The molecule has 0 saturated heterocycles. The molecule has 0 aromatic heterocycles. The van der Waals surface area contributed by atoms with E-state index in [0.29, 0.717) is 0 Å². The first-order chi connectivity index (χ1) is 6.25. The van der Waals surface area contributed by atoms with E-state index in [1.807, 2.05) is 0 Å². The Morgan fingerprint density at radius 1 is 0.765 bits per heavy atom. The average molecular weight is 259 g/mol. The minimum absolute atomic E-state index is 0. The molecule has 0 aromatic carbocycles. The zero-order chi connectivity index (χ0) is 11.7. The first-order valence-electron chi connectivity index (χ1n) is 3.97. The van der Waals surface area contributed by atoms with Crippen LogP contribution in [0.5, 0.6) is 0 Å². The smallest absolute Gasteiger partial charge is 0.876 e. The van der Waals surface area contributed by atoms with Gasteiger partial charge in [-0.05, 0) is 26.0 Å². The zero-order valence-corrected chi connectivity index (χ0v) is 11.9. The van der Waals surface area contributed by atoms with Crippen molar-refractivity contribution in [3.8, 4) is 0 Å². The summed E-state index contributed by atoms with van der Waals surface area (Å²) in [7, 11) is 0. The zero-order valence-electron chi connectivity index (χ0n) is 10.5. The third kappa shape index (κ3) is 51.4. The van der Waals surface area contributed by atoms with E-state index in [9.17, 15) is 19.8 Å². The summed E-state index contributed by atoms with van der Waals surface area (Å²) in [5.74, 6) is -0.750. The molecule has 0 aliphatic carbocycles. The Morgan fingerprint density at radius 3 is 0.941 bits per heavy atom. The first kappa shape index (κ1) is 29.8. The van der Waals surface area contributed by atoms with Gasteiger partial charge >= 0.3 is 23.1 Å². The van der Waals surface area contributed by atoms with Crippen molar-refractivity contribution in [2.75, 3.05) is 0 Å². The SMILES string of the molecule is CC(=O)/C=C(/C)[O-].CC(=O)/C=C(/C)[O-].O.O.[Mg+2]. The normalized spacial score (nSPS) is 9.41. The molecule has 17 heavy (non-hydrogen) atoms. The van der Waals surface area contributed by atoms with Crippen LogP contribution in [-0.2, 0) is 9.59 Å². The second-order valence-corrected chi connectivity index (χ2v) is 2.73. The van der Waals surface area contributed by atoms with Crippen molar-refractivity contribution in [2.45, 2.75) is 27.7 Å². The molecule has 0 radical (unpaired) electrons. The molecule has 0 fully saturated rings. The van der Waals surface area contributed by atoms with Crippen molar-refractivity contribution in [2.24, 2.45) is 0 Å². The fourth-order valence-electron chi connectivity index (χ4n) is 0.572. The van der Waals surface area contributed by atoms with Crippen LogP contribution in [0.1, 0.15) is 27.7 Å². The fraction of sp³-hybridized carbons (Fsp3) is 0.400. The molecular formula is C10H18MgO6. The van der Waals surface area contributed by atoms with Crippen molar-refractivity contribution in [1.29, 1.82) is 0 Å². The largest absolute Gasteiger partial charge is 2.00 e. The molecule has 6 nitrogen and oxygen atoms in total. The van der Waals surface area contributed by atoms with E-state index in [1.54, 1.807) is 0 Å². The molecule has 7 heteroatoms. The summed E-state index contributed by atoms with van der Waals surface area (Å²) in [6.45, 7) is 5.39. The third-order valence-corrected chi connectivity index (χ3v) is 0.813. The summed E-state index contributed by atoms with van der Waals surface area (Å²) >= 11 is 0. The van der Waals surface area contributed by atoms with Gasteiger partial charge in [0.05, 0.1) is 0 Å². The van der Waals surface area contributed by atoms with Crippen LogP contribution in [-0.4, -0.2) is 45.6 Å². The van der Waals surface area contributed by atoms with E-state index in [4.69, 9.17) is 0 Å². The predicted octanol–water partition coefficient (Wildman–Crippen LogP) is -2.35. The molecule has 96 valence electrons. The number of rotatable bonds is 2. The van der Waals surface area contributed by atoms with Gasteiger partial charge < -0.3 is 21.2 Å². The van der Waals surface area contributed by atoms with Gasteiger partial charge in [-0.2, -0.15) is 0 Å². The van der Waals surface area contributed by atoms with Gasteiger partial charge in [-0.15, -0.1) is 11.5 Å². The van der Waals surface area contributed by atoms with Gasteiger partial charge in [0.1, 0.15) is 0 Å². The van der Waals surface area contributed by atoms with Crippen LogP contribution in [0.25, 0.3) is 0 Å². The first-order valence-corrected chi connectivity index (χ1v) is 3.97. The predicted molar refractivity (Wildman–Crippen MR) is 61.9 cm³/mol. The minimum atomic E-state index is -0.187. The molecule has 4 N–H and O–H groups in total. The standard InChI is InChI=1S/2C5H8O2.Mg.2H2O/c2*1-4(6)3-5(2)7;;;/h2*3,6H,1-2H3;;2*1H2/q;;+2;;/p-2/b2*4-3-;;;. The molecule has 0 saturated carbocycles. The Hall–Kier alpha value is -0.894. The molecule has 0 spiro atoms. The van der Waals surface area contributed by atoms with Crippen LogP contribution < -0.4 is 10.2 Å². The van der Waals surface area contributed by atoms with Crippen LogP contribution >= 0.6 is 0 Å². The Labute approximate surface area is 117 Å². The molecule has 0 rings (SSSR count). The third-order valence-electron chi connectivity index (χ3n) is 0.813. The van der Waals surface area contributed by atoms with Crippen LogP contribution in [0.4, 0.5) is 0 Å². The Balaban J connectivity index is -0.0000000480. The number of allylic oxidation sites excluding steroid dienone is 4. The number of carbonyl (C=O) groups excluding carboxylic acids is 2. The number of carbonyl (C=O) groups is 2. The maximum Gasteiger partial charge on any atom is 2.00 e. The quantitative estimate of drug-likeness (QED) is 0.310. The van der Waals surface area contributed by atoms with Gasteiger partial charge in [-0.25, -0.2) is 0 Å². The summed E-state index contributed by atoms with van der Waals surface area (Å²) in [4.78, 5) is 20.0. The Morgan fingerprint density at radius 2 is 0.941 bits per heavy atom. The molecule has 0 bridgehead atoms. The van der Waals surface area contributed by atoms with Crippen LogP contribution in [0.2, 0.25) is 0 Å². The minimum Gasteiger partial charge on any atom is -0.876 e. The fourth-order valence-corrected chi connectivity index (χ4v) is 0.572. The van der Waals surface area contributed by atoms with Crippen molar-refractivity contribution in [3.05, 3.63) is 23.7 Å². The average Bonchev–Trinajstić information content (AvgIpc) is 1.79. The van der Waals surface area contributed by atoms with E-state index in [2.05, 4.69) is 0 Å². The molecule has 0 aliphatic rings. The molecule has 0 atom stereocenters. The molecule has 0 amide bonds. The molecule has 0 aromatic rings. The Bertz CT molecular complexity index is 234. The van der Waals surface area contributed by atoms with Crippen molar-refractivity contribution < 1.29 is 30.8 Å². The van der Waals surface area contributed by atoms with Crippen LogP contribution in [0.15, 0.2) is 23.7 Å². The molecular weight excluding hydrogens is 240 g/mol. The summed E-state index contributed by atoms with van der Waals surface area (Å²) in [5, 5.41) is 20.0. The molecule has 0 unspecified atom stereocenters. The Kier molecular flexibility index (Phi) is 30.7. The van der Waals surface area contributed by atoms with E-state index >= 15 is 0 Å². The second-order valence-electron chi connectivity index (χ2n) is 2.73. The summed E-state index contributed by atoms with van der Waals surface area (Å²) in [5.41, 5.74) is 0. The number of ketones is 2. The van der Waals surface area contributed by atoms with Gasteiger partial charge in [0, 0.05) is 0 Å². The van der Waals surface area contributed by atoms with Gasteiger partial charge in [-0.1, -0.05) is 13.8 Å². The van der Waals surface area contributed by atoms with E-state index in [0.717, 1.165) is 12.2 Å². The summed E-state index contributed by atoms with van der Waals surface area (Å²) in [6, 6.07) is 0. The maximum atomic E-state index is 9.98. The van der Waals surface area contributed by atoms with Gasteiger partial charge in [0.2, 0.25) is 0 Å².